The zero-order valence-electron chi connectivity index (χ0n) is 16.7. The third-order valence-corrected chi connectivity index (χ3v) is 5.80. The molecule has 0 fully saturated rings. The van der Waals surface area contributed by atoms with Crippen molar-refractivity contribution in [3.05, 3.63) is 64.0 Å². The average molecular weight is 487 g/mol. The van der Waals surface area contributed by atoms with Gasteiger partial charge in [-0.15, -0.1) is 0 Å². The zero-order chi connectivity index (χ0) is 22.1. The number of carbonyl (C=O) groups excluding carboxylic acids is 3. The maximum absolute atomic E-state index is 13.5. The first-order valence-electron chi connectivity index (χ1n) is 9.84. The number of aromatic amines is 1. The summed E-state index contributed by atoms with van der Waals surface area (Å²) in [5.74, 6) is -2.33. The monoisotopic (exact) mass is 486 g/mol. The number of rotatable bonds is 5. The van der Waals surface area contributed by atoms with Crippen molar-refractivity contribution in [2.24, 2.45) is 0 Å². The molecule has 1 aliphatic heterocycles. The van der Waals surface area contributed by atoms with E-state index in [2.05, 4.69) is 31.5 Å². The number of likely N-dealkylation sites (N-methyl/N-ethyl adjacent to an activating group) is 1. The normalized spacial score (nSPS) is 15.3. The highest BCUT2D eigenvalue weighted by molar-refractivity contribution is 9.10. The van der Waals surface area contributed by atoms with Gasteiger partial charge in [0.25, 0.3) is 5.91 Å². The molecule has 0 radical (unpaired) electrons. The third-order valence-electron chi connectivity index (χ3n) is 5.31. The van der Waals surface area contributed by atoms with Crippen molar-refractivity contribution < 1.29 is 18.8 Å². The molecular weight excluding hydrogens is 467 g/mol. The van der Waals surface area contributed by atoms with E-state index in [0.29, 0.717) is 24.2 Å². The van der Waals surface area contributed by atoms with Crippen LogP contribution in [0.3, 0.4) is 0 Å². The highest BCUT2D eigenvalue weighted by Gasteiger charge is 2.38. The molecule has 0 aliphatic carbocycles. The van der Waals surface area contributed by atoms with Crippen LogP contribution >= 0.6 is 15.9 Å². The van der Waals surface area contributed by atoms with Crippen molar-refractivity contribution in [1.29, 1.82) is 0 Å². The second-order valence-corrected chi connectivity index (χ2v) is 8.12. The van der Waals surface area contributed by atoms with Crippen LogP contribution in [0.15, 0.2) is 47.1 Å². The van der Waals surface area contributed by atoms with Gasteiger partial charge in [0.05, 0.1) is 0 Å². The number of carbonyl (C=O) groups is 3. The molecule has 3 aromatic rings. The van der Waals surface area contributed by atoms with Gasteiger partial charge in [-0.05, 0) is 55.3 Å². The summed E-state index contributed by atoms with van der Waals surface area (Å²) in [6.07, 6.45) is 2.17. The lowest BCUT2D eigenvalue weighted by Gasteiger charge is -2.15. The lowest BCUT2D eigenvalue weighted by Crippen LogP contribution is -2.44. The number of benzene rings is 2. The molecule has 0 saturated carbocycles. The van der Waals surface area contributed by atoms with Crippen LogP contribution in [0.2, 0.25) is 0 Å². The third kappa shape index (κ3) is 4.05. The molecule has 0 unspecified atom stereocenters. The Morgan fingerprint density at radius 3 is 2.77 bits per heavy atom. The smallest absolute Gasteiger partial charge is 0.310 e. The summed E-state index contributed by atoms with van der Waals surface area (Å²) < 4.78 is 14.3. The van der Waals surface area contributed by atoms with Crippen molar-refractivity contribution in [2.45, 2.75) is 19.4 Å². The average Bonchev–Trinajstić information content (AvgIpc) is 3.26. The van der Waals surface area contributed by atoms with Gasteiger partial charge in [-0.25, -0.2) is 4.39 Å². The molecule has 31 heavy (non-hydrogen) atoms. The first kappa shape index (κ1) is 21.0. The molecule has 160 valence electrons. The number of nitrogens with zero attached hydrogens (tertiary/aromatic N) is 1. The van der Waals surface area contributed by atoms with Crippen LogP contribution in [0.4, 0.5) is 10.1 Å². The maximum atomic E-state index is 13.5. The first-order valence-corrected chi connectivity index (χ1v) is 10.6. The van der Waals surface area contributed by atoms with Crippen LogP contribution in [0.5, 0.6) is 0 Å². The summed E-state index contributed by atoms with van der Waals surface area (Å²) in [6, 6.07) is 8.92. The van der Waals surface area contributed by atoms with Gasteiger partial charge >= 0.3 is 11.8 Å². The fraction of sp³-hybridized carbons (Fsp3) is 0.227. The fourth-order valence-electron chi connectivity index (χ4n) is 3.82. The Kier molecular flexibility index (Phi) is 5.77. The molecule has 4 rings (SSSR count). The number of fused-ring (bicyclic) bond motifs is 2. The summed E-state index contributed by atoms with van der Waals surface area (Å²) >= 11 is 3.38. The van der Waals surface area contributed by atoms with E-state index in [0.717, 1.165) is 20.9 Å². The molecule has 1 atom stereocenters. The number of H-pyrrole nitrogens is 1. The Bertz CT molecular complexity index is 1190. The highest BCUT2D eigenvalue weighted by Crippen LogP contribution is 2.37. The summed E-state index contributed by atoms with van der Waals surface area (Å²) in [5.41, 5.74) is 2.99. The number of nitrogens with one attached hydrogen (secondary N) is 3. The Morgan fingerprint density at radius 2 is 2.00 bits per heavy atom. The highest BCUT2D eigenvalue weighted by atomic mass is 79.9. The molecule has 3 amide bonds. The van der Waals surface area contributed by atoms with Crippen molar-refractivity contribution in [2.75, 3.05) is 18.0 Å². The van der Waals surface area contributed by atoms with E-state index in [4.69, 9.17) is 0 Å². The number of aromatic nitrogens is 1. The van der Waals surface area contributed by atoms with Gasteiger partial charge in [0.2, 0.25) is 0 Å². The van der Waals surface area contributed by atoms with Crippen molar-refractivity contribution in [1.82, 2.24) is 15.6 Å². The van der Waals surface area contributed by atoms with Gasteiger partial charge in [-0.2, -0.15) is 0 Å². The molecule has 0 spiro atoms. The van der Waals surface area contributed by atoms with Crippen molar-refractivity contribution in [3.8, 4) is 0 Å². The van der Waals surface area contributed by atoms with Gasteiger partial charge in [0, 0.05) is 45.9 Å². The van der Waals surface area contributed by atoms with Gasteiger partial charge in [-0.1, -0.05) is 15.9 Å². The summed E-state index contributed by atoms with van der Waals surface area (Å²) in [4.78, 5) is 42.0. The van der Waals surface area contributed by atoms with Crippen molar-refractivity contribution >= 4 is 50.2 Å². The number of halogens is 2. The minimum absolute atomic E-state index is 0.192. The van der Waals surface area contributed by atoms with Crippen LogP contribution in [-0.4, -0.2) is 35.8 Å². The zero-order valence-corrected chi connectivity index (χ0v) is 18.3. The van der Waals surface area contributed by atoms with E-state index >= 15 is 0 Å². The lowest BCUT2D eigenvalue weighted by atomic mass is 10.1. The van der Waals surface area contributed by atoms with Crippen molar-refractivity contribution in [3.63, 3.8) is 0 Å². The maximum Gasteiger partial charge on any atom is 0.310 e. The van der Waals surface area contributed by atoms with Crippen LogP contribution in [0.25, 0.3) is 10.9 Å². The van der Waals surface area contributed by atoms with Gasteiger partial charge in [0.15, 0.2) is 0 Å². The Hall–Kier alpha value is -3.20. The molecule has 1 aliphatic rings. The number of hydrogen-bond donors (Lipinski definition) is 3. The second kappa shape index (κ2) is 8.50. The van der Waals surface area contributed by atoms with E-state index in [1.165, 1.54) is 12.1 Å². The molecule has 3 N–H and O–H groups in total. The minimum atomic E-state index is -0.915. The molecule has 1 aromatic heterocycles. The van der Waals surface area contributed by atoms with Gasteiger partial charge in [0.1, 0.15) is 11.9 Å². The topological polar surface area (TPSA) is 94.3 Å². The number of hydrogen-bond acceptors (Lipinski definition) is 3. The van der Waals surface area contributed by atoms with Crippen LogP contribution in [-0.2, 0) is 20.8 Å². The second-order valence-electron chi connectivity index (χ2n) is 7.20. The molecule has 9 heteroatoms. The molecule has 2 heterocycles. The number of anilines is 1. The van der Waals surface area contributed by atoms with E-state index in [-0.39, 0.29) is 18.3 Å². The Morgan fingerprint density at radius 1 is 1.19 bits per heavy atom. The Labute approximate surface area is 186 Å². The minimum Gasteiger partial charge on any atom is -0.361 e. The fourth-order valence-corrected chi connectivity index (χ4v) is 4.20. The summed E-state index contributed by atoms with van der Waals surface area (Å²) in [7, 11) is 0. The van der Waals surface area contributed by atoms with Crippen LogP contribution in [0, 0.1) is 5.82 Å². The van der Waals surface area contributed by atoms with Gasteiger partial charge < -0.3 is 20.5 Å². The predicted molar refractivity (Wildman–Crippen MR) is 118 cm³/mol. The molecule has 2 aromatic carbocycles. The number of amides is 3. The Balaban J connectivity index is 1.39. The predicted octanol–water partition coefficient (Wildman–Crippen LogP) is 2.95. The van der Waals surface area contributed by atoms with E-state index in [9.17, 15) is 18.8 Å². The first-order chi connectivity index (χ1) is 14.9. The lowest BCUT2D eigenvalue weighted by molar-refractivity contribution is -0.140. The van der Waals surface area contributed by atoms with Gasteiger partial charge in [-0.3, -0.25) is 14.4 Å². The largest absolute Gasteiger partial charge is 0.361 e. The molecule has 7 nitrogen and oxygen atoms in total. The summed E-state index contributed by atoms with van der Waals surface area (Å²) in [5, 5.41) is 5.83. The molecule has 0 bridgehead atoms. The van der Waals surface area contributed by atoms with E-state index in [1.54, 1.807) is 29.3 Å². The van der Waals surface area contributed by atoms with E-state index in [1.807, 2.05) is 13.0 Å². The molecular formula is C22H20BrFN4O3. The summed E-state index contributed by atoms with van der Waals surface area (Å²) in [6.45, 7) is 2.49. The van der Waals surface area contributed by atoms with Crippen LogP contribution in [0.1, 0.15) is 24.1 Å². The standard InChI is InChI=1S/C22H20BrFN4O3/c1-2-28-18-6-3-13(23)9-16(18)19(22(28)31)27-21(30)20(29)25-8-7-12-11-26-17-5-4-14(24)10-15(12)17/h3-6,9-11,19,26H,2,7-8H2,1H3,(H,25,29)(H,27,30)/t19-/m0/s1. The van der Waals surface area contributed by atoms with Crippen LogP contribution < -0.4 is 15.5 Å². The van der Waals surface area contributed by atoms with E-state index < -0.39 is 17.9 Å². The quantitative estimate of drug-likeness (QED) is 0.484. The molecule has 0 saturated heterocycles. The SMILES string of the molecule is CCN1C(=O)[C@@H](NC(=O)C(=O)NCCc2c[nH]c3ccc(F)cc23)c2cc(Br)ccc21.